The first-order valence-electron chi connectivity index (χ1n) is 5.91. The van der Waals surface area contributed by atoms with Crippen LogP contribution >= 0.6 is 0 Å². The molecule has 2 rings (SSSR count). The van der Waals surface area contributed by atoms with Crippen LogP contribution in [0.15, 0.2) is 0 Å². The number of hydrogen-bond acceptors (Lipinski definition) is 3. The standard InChI is InChI=1S/C11H21N3O/c1-8(11(15)12-2)14-6-9-4-3-5-13-10(9)7-14/h8-10,13H,3-7H2,1-2H3,(H,12,15)/t8?,9-,10+/m0/s1. The van der Waals surface area contributed by atoms with Crippen LogP contribution in [0, 0.1) is 5.92 Å². The highest BCUT2D eigenvalue weighted by atomic mass is 16.2. The van der Waals surface area contributed by atoms with Crippen molar-refractivity contribution in [3.8, 4) is 0 Å². The molecule has 3 atom stereocenters. The van der Waals surface area contributed by atoms with Gasteiger partial charge in [0.05, 0.1) is 6.04 Å². The number of nitrogens with zero attached hydrogens (tertiary/aromatic N) is 1. The van der Waals surface area contributed by atoms with Crippen molar-refractivity contribution >= 4 is 5.91 Å². The molecule has 4 nitrogen and oxygen atoms in total. The lowest BCUT2D eigenvalue weighted by atomic mass is 9.94. The quantitative estimate of drug-likeness (QED) is 0.665. The highest BCUT2D eigenvalue weighted by Crippen LogP contribution is 2.26. The van der Waals surface area contributed by atoms with Gasteiger partial charge in [-0.25, -0.2) is 0 Å². The van der Waals surface area contributed by atoms with Crippen molar-refractivity contribution in [2.75, 3.05) is 26.7 Å². The van der Waals surface area contributed by atoms with Gasteiger partial charge in [0.15, 0.2) is 0 Å². The maximum atomic E-state index is 11.5. The number of carbonyl (C=O) groups excluding carboxylic acids is 1. The van der Waals surface area contributed by atoms with Gasteiger partial charge in [0.25, 0.3) is 0 Å². The van der Waals surface area contributed by atoms with Gasteiger partial charge in [-0.3, -0.25) is 9.69 Å². The van der Waals surface area contributed by atoms with E-state index in [1.807, 2.05) is 6.92 Å². The van der Waals surface area contributed by atoms with Gasteiger partial charge < -0.3 is 10.6 Å². The maximum Gasteiger partial charge on any atom is 0.236 e. The number of amides is 1. The maximum absolute atomic E-state index is 11.5. The first-order chi connectivity index (χ1) is 7.22. The second kappa shape index (κ2) is 4.49. The fourth-order valence-corrected chi connectivity index (χ4v) is 2.77. The number of likely N-dealkylation sites (tertiary alicyclic amines) is 1. The monoisotopic (exact) mass is 211 g/mol. The molecule has 0 radical (unpaired) electrons. The molecule has 0 aliphatic carbocycles. The van der Waals surface area contributed by atoms with E-state index in [0.717, 1.165) is 25.6 Å². The Morgan fingerprint density at radius 2 is 2.33 bits per heavy atom. The second-order valence-electron chi connectivity index (χ2n) is 4.71. The molecule has 0 aromatic rings. The molecule has 4 heteroatoms. The average molecular weight is 211 g/mol. The van der Waals surface area contributed by atoms with E-state index in [1.54, 1.807) is 7.05 Å². The molecule has 2 fully saturated rings. The molecule has 2 aliphatic heterocycles. The first kappa shape index (κ1) is 10.9. The highest BCUT2D eigenvalue weighted by molar-refractivity contribution is 5.81. The summed E-state index contributed by atoms with van der Waals surface area (Å²) in [6, 6.07) is 0.633. The molecule has 86 valence electrons. The van der Waals surface area contributed by atoms with E-state index in [-0.39, 0.29) is 11.9 Å². The summed E-state index contributed by atoms with van der Waals surface area (Å²) in [5, 5.41) is 6.27. The summed E-state index contributed by atoms with van der Waals surface area (Å²) >= 11 is 0. The van der Waals surface area contributed by atoms with E-state index in [4.69, 9.17) is 0 Å². The number of carbonyl (C=O) groups is 1. The molecule has 2 N–H and O–H groups in total. The summed E-state index contributed by atoms with van der Waals surface area (Å²) in [5.74, 6) is 0.888. The molecule has 0 aromatic carbocycles. The number of nitrogens with one attached hydrogen (secondary N) is 2. The second-order valence-corrected chi connectivity index (χ2v) is 4.71. The molecule has 0 spiro atoms. The minimum absolute atomic E-state index is 0.0161. The third-order valence-corrected chi connectivity index (χ3v) is 3.80. The fraction of sp³-hybridized carbons (Fsp3) is 0.909. The largest absolute Gasteiger partial charge is 0.358 e. The molecular weight excluding hydrogens is 190 g/mol. The average Bonchev–Trinajstić information content (AvgIpc) is 2.70. The van der Waals surface area contributed by atoms with E-state index < -0.39 is 0 Å². The Morgan fingerprint density at radius 3 is 3.00 bits per heavy atom. The van der Waals surface area contributed by atoms with Crippen LogP contribution in [0.25, 0.3) is 0 Å². The van der Waals surface area contributed by atoms with E-state index in [1.165, 1.54) is 12.8 Å². The zero-order valence-electron chi connectivity index (χ0n) is 9.62. The van der Waals surface area contributed by atoms with Gasteiger partial charge in [-0.2, -0.15) is 0 Å². The van der Waals surface area contributed by atoms with Crippen molar-refractivity contribution in [2.45, 2.75) is 31.8 Å². The molecule has 2 heterocycles. The molecule has 15 heavy (non-hydrogen) atoms. The van der Waals surface area contributed by atoms with E-state index in [2.05, 4.69) is 15.5 Å². The van der Waals surface area contributed by atoms with Gasteiger partial charge in [0.1, 0.15) is 0 Å². The molecule has 1 amide bonds. The predicted molar refractivity (Wildman–Crippen MR) is 59.6 cm³/mol. The van der Waals surface area contributed by atoms with Crippen LogP contribution in [0.3, 0.4) is 0 Å². The first-order valence-corrected chi connectivity index (χ1v) is 5.91. The lowest BCUT2D eigenvalue weighted by Crippen LogP contribution is -2.44. The van der Waals surface area contributed by atoms with E-state index in [9.17, 15) is 4.79 Å². The molecule has 1 unspecified atom stereocenters. The highest BCUT2D eigenvalue weighted by Gasteiger charge is 2.37. The number of likely N-dealkylation sites (N-methyl/N-ethyl adjacent to an activating group) is 1. The number of piperidine rings is 1. The van der Waals surface area contributed by atoms with Crippen molar-refractivity contribution in [1.82, 2.24) is 15.5 Å². The molecule has 0 aromatic heterocycles. The Kier molecular flexibility index (Phi) is 3.26. The summed E-state index contributed by atoms with van der Waals surface area (Å²) in [4.78, 5) is 13.8. The van der Waals surface area contributed by atoms with Crippen molar-refractivity contribution in [1.29, 1.82) is 0 Å². The van der Waals surface area contributed by atoms with Gasteiger partial charge >= 0.3 is 0 Å². The van der Waals surface area contributed by atoms with Gasteiger partial charge in [-0.1, -0.05) is 0 Å². The predicted octanol–water partition coefficient (Wildman–Crippen LogP) is -0.195. The van der Waals surface area contributed by atoms with Crippen LogP contribution in [0.1, 0.15) is 19.8 Å². The van der Waals surface area contributed by atoms with Crippen LogP contribution in [0.5, 0.6) is 0 Å². The van der Waals surface area contributed by atoms with Crippen molar-refractivity contribution < 1.29 is 4.79 Å². The topological polar surface area (TPSA) is 44.4 Å². The molecule has 0 bridgehead atoms. The minimum Gasteiger partial charge on any atom is -0.358 e. The van der Waals surface area contributed by atoms with Gasteiger partial charge in [-0.15, -0.1) is 0 Å². The van der Waals surface area contributed by atoms with Crippen LogP contribution in [-0.4, -0.2) is 49.6 Å². The third-order valence-electron chi connectivity index (χ3n) is 3.80. The zero-order valence-corrected chi connectivity index (χ0v) is 9.62. The van der Waals surface area contributed by atoms with Crippen molar-refractivity contribution in [2.24, 2.45) is 5.92 Å². The molecular formula is C11H21N3O. The molecule has 0 saturated carbocycles. The smallest absolute Gasteiger partial charge is 0.236 e. The Balaban J connectivity index is 1.93. The lowest BCUT2D eigenvalue weighted by molar-refractivity contribution is -0.125. The minimum atomic E-state index is 0.0161. The SMILES string of the molecule is CNC(=O)C(C)N1C[C@@H]2CCCN[C@@H]2C1. The number of hydrogen-bond donors (Lipinski definition) is 2. The third kappa shape index (κ3) is 2.16. The number of fused-ring (bicyclic) bond motifs is 1. The van der Waals surface area contributed by atoms with Crippen LogP contribution < -0.4 is 10.6 Å². The Bertz CT molecular complexity index is 230. The zero-order chi connectivity index (χ0) is 10.8. The van der Waals surface area contributed by atoms with Crippen LogP contribution in [-0.2, 0) is 4.79 Å². The summed E-state index contributed by atoms with van der Waals surface area (Å²) in [7, 11) is 1.71. The summed E-state index contributed by atoms with van der Waals surface area (Å²) in [6.45, 7) is 5.24. The van der Waals surface area contributed by atoms with E-state index in [0.29, 0.717) is 6.04 Å². The van der Waals surface area contributed by atoms with E-state index >= 15 is 0 Å². The Hall–Kier alpha value is -0.610. The summed E-state index contributed by atoms with van der Waals surface area (Å²) < 4.78 is 0. The van der Waals surface area contributed by atoms with Crippen molar-refractivity contribution in [3.63, 3.8) is 0 Å². The Morgan fingerprint density at radius 1 is 1.53 bits per heavy atom. The molecule has 2 aliphatic rings. The summed E-state index contributed by atoms with van der Waals surface area (Å²) in [6.07, 6.45) is 2.60. The Labute approximate surface area is 91.4 Å². The van der Waals surface area contributed by atoms with Gasteiger partial charge in [-0.05, 0) is 32.2 Å². The van der Waals surface area contributed by atoms with Gasteiger partial charge in [0.2, 0.25) is 5.91 Å². The summed E-state index contributed by atoms with van der Waals surface area (Å²) in [5.41, 5.74) is 0. The lowest BCUT2D eigenvalue weighted by Gasteiger charge is -2.24. The van der Waals surface area contributed by atoms with Crippen molar-refractivity contribution in [3.05, 3.63) is 0 Å². The van der Waals surface area contributed by atoms with Crippen LogP contribution in [0.2, 0.25) is 0 Å². The molecule has 2 saturated heterocycles. The number of rotatable bonds is 2. The normalized spacial score (nSPS) is 33.5. The van der Waals surface area contributed by atoms with Gasteiger partial charge in [0, 0.05) is 26.2 Å². The van der Waals surface area contributed by atoms with Crippen LogP contribution in [0.4, 0.5) is 0 Å². The fourth-order valence-electron chi connectivity index (χ4n) is 2.77.